The van der Waals surface area contributed by atoms with Crippen molar-refractivity contribution in [1.82, 2.24) is 4.72 Å². The summed E-state index contributed by atoms with van der Waals surface area (Å²) in [6.45, 7) is 4.37. The van der Waals surface area contributed by atoms with Crippen LogP contribution in [0.5, 0.6) is 0 Å². The number of nitriles is 1. The lowest BCUT2D eigenvalue weighted by Gasteiger charge is -2.10. The normalized spacial score (nSPS) is 11.2. The van der Waals surface area contributed by atoms with E-state index in [9.17, 15) is 13.2 Å². The predicted molar refractivity (Wildman–Crippen MR) is 100 cm³/mol. The maximum Gasteiger partial charge on any atom is 0.255 e. The second-order valence-corrected chi connectivity index (χ2v) is 8.02. The summed E-state index contributed by atoms with van der Waals surface area (Å²) in [4.78, 5) is 12.4. The molecule has 2 aromatic rings. The molecule has 0 aromatic heterocycles. The van der Waals surface area contributed by atoms with Crippen LogP contribution in [0.15, 0.2) is 53.4 Å². The molecule has 0 bridgehead atoms. The number of hydrogen-bond acceptors (Lipinski definition) is 4. The van der Waals surface area contributed by atoms with Gasteiger partial charge < -0.3 is 5.32 Å². The number of amides is 1. The van der Waals surface area contributed by atoms with E-state index in [-0.39, 0.29) is 10.5 Å². The summed E-state index contributed by atoms with van der Waals surface area (Å²) < 4.78 is 27.2. The van der Waals surface area contributed by atoms with Crippen LogP contribution < -0.4 is 10.0 Å². The number of sulfonamides is 1. The van der Waals surface area contributed by atoms with Crippen molar-refractivity contribution in [2.45, 2.75) is 25.2 Å². The molecule has 2 N–H and O–H groups in total. The highest BCUT2D eigenvalue weighted by atomic mass is 32.2. The lowest BCUT2D eigenvalue weighted by Crippen LogP contribution is -2.26. The van der Waals surface area contributed by atoms with Crippen LogP contribution in [-0.4, -0.2) is 20.9 Å². The Kier molecular flexibility index (Phi) is 6.50. The zero-order chi connectivity index (χ0) is 19.2. The van der Waals surface area contributed by atoms with Crippen LogP contribution in [0.25, 0.3) is 0 Å². The maximum absolute atomic E-state index is 12.4. The number of hydrogen-bond donors (Lipinski definition) is 2. The molecule has 7 heteroatoms. The second-order valence-electron chi connectivity index (χ2n) is 6.25. The predicted octanol–water partition coefficient (Wildman–Crippen LogP) is 3.13. The zero-order valence-corrected chi connectivity index (χ0v) is 15.5. The van der Waals surface area contributed by atoms with Gasteiger partial charge in [-0.2, -0.15) is 5.26 Å². The molecule has 1 amide bonds. The number of benzene rings is 2. The van der Waals surface area contributed by atoms with Crippen molar-refractivity contribution in [3.05, 3.63) is 59.7 Å². The van der Waals surface area contributed by atoms with E-state index in [1.807, 2.05) is 19.9 Å². The summed E-state index contributed by atoms with van der Waals surface area (Å²) in [5.74, 6) is -0.0571. The van der Waals surface area contributed by atoms with Crippen molar-refractivity contribution in [2.75, 3.05) is 11.9 Å². The summed E-state index contributed by atoms with van der Waals surface area (Å²) in [6.07, 6.45) is 0.731. The molecule has 0 aliphatic carbocycles. The highest BCUT2D eigenvalue weighted by Crippen LogP contribution is 2.15. The van der Waals surface area contributed by atoms with Gasteiger partial charge >= 0.3 is 0 Å². The third-order valence-corrected chi connectivity index (χ3v) is 5.13. The van der Waals surface area contributed by atoms with Gasteiger partial charge in [-0.25, -0.2) is 13.1 Å². The molecule has 6 nitrogen and oxygen atoms in total. The number of carbonyl (C=O) groups excluding carboxylic acids is 1. The monoisotopic (exact) mass is 371 g/mol. The SMILES string of the molecule is CC(C)CCNS(=O)(=O)c1cccc(C(=O)Nc2cccc(C#N)c2)c1. The van der Waals surface area contributed by atoms with E-state index in [4.69, 9.17) is 5.26 Å². The van der Waals surface area contributed by atoms with E-state index in [0.29, 0.717) is 23.7 Å². The molecule has 136 valence electrons. The van der Waals surface area contributed by atoms with Crippen LogP contribution in [0.1, 0.15) is 36.2 Å². The van der Waals surface area contributed by atoms with Gasteiger partial charge in [0.25, 0.3) is 5.91 Å². The lowest BCUT2D eigenvalue weighted by atomic mass is 10.1. The average molecular weight is 371 g/mol. The van der Waals surface area contributed by atoms with Crippen molar-refractivity contribution in [3.8, 4) is 6.07 Å². The molecule has 2 aromatic carbocycles. The third kappa shape index (κ3) is 5.41. The third-order valence-electron chi connectivity index (χ3n) is 3.67. The first-order chi connectivity index (χ1) is 12.3. The van der Waals surface area contributed by atoms with E-state index >= 15 is 0 Å². The first kappa shape index (κ1) is 19.6. The Morgan fingerprint density at radius 1 is 1.15 bits per heavy atom. The minimum Gasteiger partial charge on any atom is -0.322 e. The first-order valence-corrected chi connectivity index (χ1v) is 9.71. The number of rotatable bonds is 7. The van der Waals surface area contributed by atoms with Crippen LogP contribution in [0.3, 0.4) is 0 Å². The summed E-state index contributed by atoms with van der Waals surface area (Å²) in [6, 6.07) is 14.3. The van der Waals surface area contributed by atoms with Crippen LogP contribution >= 0.6 is 0 Å². The van der Waals surface area contributed by atoms with Gasteiger partial charge in [0, 0.05) is 17.8 Å². The van der Waals surface area contributed by atoms with Crippen molar-refractivity contribution < 1.29 is 13.2 Å². The smallest absolute Gasteiger partial charge is 0.255 e. The van der Waals surface area contributed by atoms with Crippen LogP contribution in [0.2, 0.25) is 0 Å². The molecule has 0 fully saturated rings. The molecule has 0 aliphatic heterocycles. The average Bonchev–Trinajstić information content (AvgIpc) is 2.61. The van der Waals surface area contributed by atoms with Gasteiger partial charge in [0.05, 0.1) is 16.5 Å². The Morgan fingerprint density at radius 2 is 1.88 bits per heavy atom. The van der Waals surface area contributed by atoms with Gasteiger partial charge in [-0.05, 0) is 48.7 Å². The van der Waals surface area contributed by atoms with Crippen LogP contribution in [0.4, 0.5) is 5.69 Å². The van der Waals surface area contributed by atoms with Gasteiger partial charge in [-0.1, -0.05) is 26.0 Å². The molecular formula is C19H21N3O3S. The van der Waals surface area contributed by atoms with Crippen molar-refractivity contribution in [2.24, 2.45) is 5.92 Å². The largest absolute Gasteiger partial charge is 0.322 e. The van der Waals surface area contributed by atoms with Gasteiger partial charge in [-0.15, -0.1) is 0 Å². The molecule has 0 saturated heterocycles. The second kappa shape index (κ2) is 8.61. The van der Waals surface area contributed by atoms with Gasteiger partial charge in [0.2, 0.25) is 10.0 Å². The Morgan fingerprint density at radius 3 is 2.58 bits per heavy atom. The van der Waals surface area contributed by atoms with Gasteiger partial charge in [-0.3, -0.25) is 4.79 Å². The molecule has 0 radical (unpaired) electrons. The summed E-state index contributed by atoms with van der Waals surface area (Å²) >= 11 is 0. The van der Waals surface area contributed by atoms with Gasteiger partial charge in [0.1, 0.15) is 0 Å². The standard InChI is InChI=1S/C19H21N3O3S/c1-14(2)9-10-21-26(24,25)18-8-4-6-16(12-18)19(23)22-17-7-3-5-15(11-17)13-20/h3-8,11-12,14,21H,9-10H2,1-2H3,(H,22,23). The Bertz CT molecular complexity index is 931. The fourth-order valence-electron chi connectivity index (χ4n) is 2.24. The molecule has 2 rings (SSSR count). The Labute approximate surface area is 153 Å². The molecule has 0 aliphatic rings. The summed E-state index contributed by atoms with van der Waals surface area (Å²) in [7, 11) is -3.67. The molecular weight excluding hydrogens is 350 g/mol. The summed E-state index contributed by atoms with van der Waals surface area (Å²) in [5.41, 5.74) is 1.12. The van der Waals surface area contributed by atoms with Crippen LogP contribution in [-0.2, 0) is 10.0 Å². The number of anilines is 1. The lowest BCUT2D eigenvalue weighted by molar-refractivity contribution is 0.102. The van der Waals surface area contributed by atoms with E-state index in [0.717, 1.165) is 6.42 Å². The number of carbonyl (C=O) groups is 1. The Balaban J connectivity index is 2.15. The molecule has 0 spiro atoms. The maximum atomic E-state index is 12.4. The van der Waals surface area contributed by atoms with Crippen molar-refractivity contribution in [1.29, 1.82) is 5.26 Å². The first-order valence-electron chi connectivity index (χ1n) is 8.23. The van der Waals surface area contributed by atoms with Crippen molar-refractivity contribution >= 4 is 21.6 Å². The number of nitrogens with one attached hydrogen (secondary N) is 2. The molecule has 26 heavy (non-hydrogen) atoms. The molecule has 0 unspecified atom stereocenters. The van der Waals surface area contributed by atoms with E-state index in [2.05, 4.69) is 10.0 Å². The minimum absolute atomic E-state index is 0.0414. The molecule has 0 atom stereocenters. The van der Waals surface area contributed by atoms with Crippen LogP contribution in [0, 0.1) is 17.2 Å². The van der Waals surface area contributed by atoms with Crippen molar-refractivity contribution in [3.63, 3.8) is 0 Å². The topological polar surface area (TPSA) is 99.1 Å². The van der Waals surface area contributed by atoms with E-state index in [1.165, 1.54) is 24.3 Å². The molecule has 0 saturated carbocycles. The van der Waals surface area contributed by atoms with Gasteiger partial charge in [0.15, 0.2) is 0 Å². The quantitative estimate of drug-likeness (QED) is 0.781. The minimum atomic E-state index is -3.67. The fraction of sp³-hybridized carbons (Fsp3) is 0.263. The molecule has 0 heterocycles. The Hall–Kier alpha value is -2.69. The number of nitrogens with zero attached hydrogens (tertiary/aromatic N) is 1. The fourth-order valence-corrected chi connectivity index (χ4v) is 3.33. The zero-order valence-electron chi connectivity index (χ0n) is 14.7. The van der Waals surface area contributed by atoms with E-state index < -0.39 is 15.9 Å². The summed E-state index contributed by atoms with van der Waals surface area (Å²) in [5, 5.41) is 11.6. The highest BCUT2D eigenvalue weighted by Gasteiger charge is 2.16. The highest BCUT2D eigenvalue weighted by molar-refractivity contribution is 7.89. The van der Waals surface area contributed by atoms with E-state index in [1.54, 1.807) is 24.3 Å².